The molecule has 190 valence electrons. The Bertz CT molecular complexity index is 1130. The molecule has 2 saturated heterocycles. The number of hydrogen-bond donors (Lipinski definition) is 3. The molecule has 0 amide bonds. The Morgan fingerprint density at radius 3 is 2.64 bits per heavy atom. The van der Waals surface area contributed by atoms with Crippen LogP contribution in [-0.2, 0) is 4.74 Å². The van der Waals surface area contributed by atoms with Gasteiger partial charge in [0.2, 0.25) is 0 Å². The number of nitriles is 1. The van der Waals surface area contributed by atoms with Crippen LogP contribution in [-0.4, -0.2) is 70.8 Å². The molecule has 1 unspecified atom stereocenters. The van der Waals surface area contributed by atoms with Crippen LogP contribution >= 0.6 is 23.7 Å². The third kappa shape index (κ3) is 6.53. The fraction of sp³-hybridized carbons (Fsp3) is 0.522. The summed E-state index contributed by atoms with van der Waals surface area (Å²) in [5, 5.41) is 36.9. The van der Waals surface area contributed by atoms with Crippen molar-refractivity contribution in [2.75, 3.05) is 42.5 Å². The summed E-state index contributed by atoms with van der Waals surface area (Å²) in [6, 6.07) is 8.22. The Balaban J connectivity index is 1.37. The average molecular weight is 531 g/mol. The van der Waals surface area contributed by atoms with E-state index in [-0.39, 0.29) is 16.6 Å². The molecular formula is C23H28BClN6O4S. The maximum atomic E-state index is 12.9. The molecule has 3 heterocycles. The second kappa shape index (κ2) is 11.9. The van der Waals surface area contributed by atoms with Crippen LogP contribution in [0, 0.1) is 17.2 Å². The standard InChI is InChI=1S/C23H28BClN6O4S/c24-23(33,34)31(19-5-3-16(12-26)4-6-19)36-29-9-7-18(8-10-29)30-22(32)21(25)20(14-28-30)27-13-17-2-1-11-35-15-17/h3-6,14,17-18,27,33-34H,1-2,7-11,13,15H2. The van der Waals surface area contributed by atoms with Crippen LogP contribution in [0.3, 0.4) is 0 Å². The van der Waals surface area contributed by atoms with Gasteiger partial charge in [0.25, 0.3) is 5.56 Å². The molecule has 1 aromatic carbocycles. The first-order chi connectivity index (χ1) is 17.3. The lowest BCUT2D eigenvalue weighted by atomic mass is 10.0. The Labute approximate surface area is 220 Å². The number of benzene rings is 1. The molecule has 0 aliphatic carbocycles. The number of aromatic nitrogens is 2. The van der Waals surface area contributed by atoms with Gasteiger partial charge in [-0.1, -0.05) is 11.6 Å². The van der Waals surface area contributed by atoms with E-state index in [1.54, 1.807) is 30.5 Å². The Kier molecular flexibility index (Phi) is 8.82. The highest BCUT2D eigenvalue weighted by molar-refractivity contribution is 7.98. The molecule has 2 aliphatic heterocycles. The number of nitrogens with zero attached hydrogens (tertiary/aromatic N) is 5. The summed E-state index contributed by atoms with van der Waals surface area (Å²) in [5.41, 5.74) is 1.07. The number of hydrogen-bond acceptors (Lipinski definition) is 10. The van der Waals surface area contributed by atoms with Crippen molar-refractivity contribution in [1.82, 2.24) is 14.1 Å². The molecule has 36 heavy (non-hydrogen) atoms. The lowest BCUT2D eigenvalue weighted by Crippen LogP contribution is -2.48. The van der Waals surface area contributed by atoms with Crippen molar-refractivity contribution >= 4 is 43.0 Å². The summed E-state index contributed by atoms with van der Waals surface area (Å²) in [6.07, 6.45) is 4.93. The fourth-order valence-corrected chi connectivity index (χ4v) is 5.45. The van der Waals surface area contributed by atoms with Gasteiger partial charge in [0.1, 0.15) is 5.02 Å². The number of anilines is 2. The van der Waals surface area contributed by atoms with Crippen LogP contribution in [0.4, 0.5) is 11.4 Å². The molecule has 0 bridgehead atoms. The van der Waals surface area contributed by atoms with Crippen LogP contribution < -0.4 is 15.2 Å². The zero-order valence-corrected chi connectivity index (χ0v) is 21.3. The van der Waals surface area contributed by atoms with Crippen molar-refractivity contribution in [2.45, 2.75) is 37.5 Å². The summed E-state index contributed by atoms with van der Waals surface area (Å²) in [4.78, 5) is 12.9. The lowest BCUT2D eigenvalue weighted by Gasteiger charge is -2.39. The Hall–Kier alpha value is -2.27. The molecule has 10 nitrogen and oxygen atoms in total. The zero-order chi connectivity index (χ0) is 25.7. The topological polar surface area (TPSA) is 127 Å². The molecular weight excluding hydrogens is 503 g/mol. The van der Waals surface area contributed by atoms with Crippen molar-refractivity contribution in [2.24, 2.45) is 5.92 Å². The second-order valence-electron chi connectivity index (χ2n) is 8.97. The van der Waals surface area contributed by atoms with Crippen LogP contribution in [0.1, 0.15) is 37.3 Å². The van der Waals surface area contributed by atoms with Crippen LogP contribution in [0.2, 0.25) is 5.02 Å². The molecule has 3 N–H and O–H groups in total. The minimum atomic E-state index is -2.62. The van der Waals surface area contributed by atoms with Crippen molar-refractivity contribution in [3.8, 4) is 6.07 Å². The van der Waals surface area contributed by atoms with E-state index in [1.807, 2.05) is 10.4 Å². The van der Waals surface area contributed by atoms with Crippen molar-refractivity contribution < 1.29 is 14.9 Å². The Morgan fingerprint density at radius 1 is 1.31 bits per heavy atom. The van der Waals surface area contributed by atoms with Gasteiger partial charge in [0, 0.05) is 38.4 Å². The zero-order valence-electron chi connectivity index (χ0n) is 19.7. The fourth-order valence-electron chi connectivity index (χ4n) is 4.30. The van der Waals surface area contributed by atoms with Crippen molar-refractivity contribution in [1.29, 1.82) is 5.26 Å². The number of nitrogens with one attached hydrogen (secondary N) is 1. The highest BCUT2D eigenvalue weighted by Gasteiger charge is 2.31. The van der Waals surface area contributed by atoms with Crippen LogP contribution in [0.15, 0.2) is 35.3 Å². The van der Waals surface area contributed by atoms with E-state index in [9.17, 15) is 15.0 Å². The second-order valence-corrected chi connectivity index (χ2v) is 10.4. The van der Waals surface area contributed by atoms with E-state index in [1.165, 1.54) is 4.68 Å². The highest BCUT2D eigenvalue weighted by atomic mass is 35.5. The molecule has 2 aromatic rings. The van der Waals surface area contributed by atoms with E-state index in [2.05, 4.69) is 10.4 Å². The largest absolute Gasteiger partial charge is 0.382 e. The molecule has 2 fully saturated rings. The van der Waals surface area contributed by atoms with Gasteiger partial charge in [0.05, 0.1) is 41.9 Å². The van der Waals surface area contributed by atoms with Gasteiger partial charge in [-0.3, -0.25) is 9.10 Å². The van der Waals surface area contributed by atoms with Crippen molar-refractivity contribution in [3.63, 3.8) is 0 Å². The number of aliphatic hydroxyl groups is 2. The first-order valence-electron chi connectivity index (χ1n) is 11.8. The monoisotopic (exact) mass is 530 g/mol. The highest BCUT2D eigenvalue weighted by Crippen LogP contribution is 2.34. The first kappa shape index (κ1) is 26.8. The molecule has 0 spiro atoms. The molecule has 4 rings (SSSR count). The molecule has 2 aliphatic rings. The van der Waals surface area contributed by atoms with Gasteiger partial charge in [-0.15, -0.1) is 0 Å². The maximum absolute atomic E-state index is 12.9. The SMILES string of the molecule is [B]C(O)(O)N(SN1CCC(n2ncc(NCC3CCCOC3)c(Cl)c2=O)CC1)c1ccc(C#N)cc1. The first-order valence-corrected chi connectivity index (χ1v) is 12.9. The third-order valence-corrected chi connectivity index (χ3v) is 7.88. The molecule has 1 aromatic heterocycles. The average Bonchev–Trinajstić information content (AvgIpc) is 2.89. The van der Waals surface area contributed by atoms with E-state index >= 15 is 0 Å². The van der Waals surface area contributed by atoms with Gasteiger partial charge in [-0.05, 0) is 55.9 Å². The minimum Gasteiger partial charge on any atom is -0.382 e. The van der Waals surface area contributed by atoms with Gasteiger partial charge in [-0.25, -0.2) is 8.99 Å². The summed E-state index contributed by atoms with van der Waals surface area (Å²) in [5.74, 6) is -2.23. The molecule has 0 saturated carbocycles. The summed E-state index contributed by atoms with van der Waals surface area (Å²) in [7, 11) is 5.58. The van der Waals surface area contributed by atoms with Crippen molar-refractivity contribution in [3.05, 3.63) is 51.4 Å². The van der Waals surface area contributed by atoms with E-state index < -0.39 is 5.81 Å². The molecule has 2 radical (unpaired) electrons. The van der Waals surface area contributed by atoms with Gasteiger partial charge in [0.15, 0.2) is 13.7 Å². The summed E-state index contributed by atoms with van der Waals surface area (Å²) in [6.45, 7) is 3.27. The summed E-state index contributed by atoms with van der Waals surface area (Å²) >= 11 is 7.47. The molecule has 1 atom stereocenters. The van der Waals surface area contributed by atoms with Gasteiger partial charge in [-0.2, -0.15) is 10.4 Å². The van der Waals surface area contributed by atoms with E-state index in [4.69, 9.17) is 29.4 Å². The summed E-state index contributed by atoms with van der Waals surface area (Å²) < 4.78 is 10.0. The quantitative estimate of drug-likeness (QED) is 0.265. The predicted molar refractivity (Wildman–Crippen MR) is 140 cm³/mol. The lowest BCUT2D eigenvalue weighted by molar-refractivity contribution is -0.0722. The van der Waals surface area contributed by atoms with E-state index in [0.717, 1.165) is 35.9 Å². The van der Waals surface area contributed by atoms with Crippen LogP contribution in [0.25, 0.3) is 0 Å². The molecule has 13 heteroatoms. The van der Waals surface area contributed by atoms with Gasteiger partial charge < -0.3 is 20.3 Å². The normalized spacial score (nSPS) is 19.6. The number of piperidine rings is 1. The van der Waals surface area contributed by atoms with Gasteiger partial charge >= 0.3 is 0 Å². The maximum Gasteiger partial charge on any atom is 0.287 e. The Morgan fingerprint density at radius 2 is 2.03 bits per heavy atom. The van der Waals surface area contributed by atoms with E-state index in [0.29, 0.717) is 61.9 Å². The smallest absolute Gasteiger partial charge is 0.287 e. The third-order valence-electron chi connectivity index (χ3n) is 6.28. The van der Waals surface area contributed by atoms with Crippen LogP contribution in [0.5, 0.6) is 0 Å². The number of rotatable bonds is 8. The minimum absolute atomic E-state index is 0.124. The number of ether oxygens (including phenoxy) is 1. The predicted octanol–water partition coefficient (Wildman–Crippen LogP) is 2.08. The number of halogens is 1.